The van der Waals surface area contributed by atoms with Crippen molar-refractivity contribution in [2.75, 3.05) is 39.3 Å². The first-order valence-corrected chi connectivity index (χ1v) is 10.6. The number of nitrogens with one attached hydrogen (secondary N) is 1. The van der Waals surface area contributed by atoms with Crippen LogP contribution in [0.3, 0.4) is 0 Å². The number of amides is 1. The van der Waals surface area contributed by atoms with E-state index in [1.54, 1.807) is 25.7 Å². The predicted molar refractivity (Wildman–Crippen MR) is 115 cm³/mol. The Morgan fingerprint density at radius 2 is 1.82 bits per heavy atom. The van der Waals surface area contributed by atoms with Gasteiger partial charge in [-0.05, 0) is 26.3 Å². The Morgan fingerprint density at radius 3 is 2.42 bits per heavy atom. The molecular formula is C22H31F2N3O6. The topological polar surface area (TPSA) is 108 Å². The highest BCUT2D eigenvalue weighted by Crippen LogP contribution is 2.16. The van der Waals surface area contributed by atoms with Gasteiger partial charge in [-0.3, -0.25) is 9.69 Å². The van der Waals surface area contributed by atoms with E-state index in [0.717, 1.165) is 5.56 Å². The number of hydrogen-bond donors (Lipinski definition) is 2. The second kappa shape index (κ2) is 11.4. The van der Waals surface area contributed by atoms with Crippen LogP contribution < -0.4 is 5.32 Å². The summed E-state index contributed by atoms with van der Waals surface area (Å²) in [5.74, 6) is -6.65. The first-order chi connectivity index (χ1) is 15.4. The third-order valence-corrected chi connectivity index (χ3v) is 4.87. The van der Waals surface area contributed by atoms with Gasteiger partial charge in [-0.2, -0.15) is 8.78 Å². The number of ether oxygens (including phenoxy) is 2. The largest absolute Gasteiger partial charge is 0.477 e. The molecule has 11 heteroatoms. The van der Waals surface area contributed by atoms with Gasteiger partial charge in [0.05, 0.1) is 13.1 Å². The molecule has 1 aromatic carbocycles. The summed E-state index contributed by atoms with van der Waals surface area (Å²) in [5.41, 5.74) is 0.127. The maximum atomic E-state index is 13.4. The van der Waals surface area contributed by atoms with Crippen molar-refractivity contribution in [3.05, 3.63) is 35.9 Å². The Labute approximate surface area is 191 Å². The molecule has 1 atom stereocenters. The maximum absolute atomic E-state index is 13.4. The Bertz CT molecular complexity index is 816. The smallest absolute Gasteiger partial charge is 0.410 e. The standard InChI is InChI=1S/C22H31F2N3O6/c1-21(2,3)33-20(31)27-10-9-26(13-18(28)32-14-16-7-5-4-6-8-16)17(12-27)11-25-15-22(23,24)19(29)30/h4-8,17,25H,9-15H2,1-3H3,(H,29,30)/t17-/m1/s1. The van der Waals surface area contributed by atoms with Crippen molar-refractivity contribution in [1.82, 2.24) is 15.1 Å². The van der Waals surface area contributed by atoms with Gasteiger partial charge in [0.15, 0.2) is 0 Å². The number of piperazine rings is 1. The fraction of sp³-hybridized carbons (Fsp3) is 0.591. The Balaban J connectivity index is 1.98. The quantitative estimate of drug-likeness (QED) is 0.527. The van der Waals surface area contributed by atoms with Crippen molar-refractivity contribution in [2.45, 2.75) is 44.9 Å². The van der Waals surface area contributed by atoms with E-state index in [1.165, 1.54) is 4.90 Å². The minimum Gasteiger partial charge on any atom is -0.477 e. The molecular weight excluding hydrogens is 440 g/mol. The number of hydrogen-bond acceptors (Lipinski definition) is 7. The molecule has 1 aromatic rings. The summed E-state index contributed by atoms with van der Waals surface area (Å²) < 4.78 is 37.5. The molecule has 1 fully saturated rings. The molecule has 0 aromatic heterocycles. The highest BCUT2D eigenvalue weighted by atomic mass is 19.3. The average Bonchev–Trinajstić information content (AvgIpc) is 2.72. The van der Waals surface area contributed by atoms with E-state index in [-0.39, 0.29) is 32.8 Å². The first-order valence-electron chi connectivity index (χ1n) is 10.6. The molecule has 1 heterocycles. The second-order valence-corrected chi connectivity index (χ2v) is 8.84. The van der Waals surface area contributed by atoms with Crippen molar-refractivity contribution in [3.63, 3.8) is 0 Å². The molecule has 9 nitrogen and oxygen atoms in total. The summed E-state index contributed by atoms with van der Waals surface area (Å²) in [5, 5.41) is 11.0. The molecule has 0 spiro atoms. The lowest BCUT2D eigenvalue weighted by molar-refractivity contribution is -0.164. The number of carbonyl (C=O) groups is 3. The summed E-state index contributed by atoms with van der Waals surface area (Å²) in [6.07, 6.45) is -0.547. The van der Waals surface area contributed by atoms with Crippen LogP contribution in [0.2, 0.25) is 0 Å². The molecule has 0 radical (unpaired) electrons. The third kappa shape index (κ3) is 8.93. The summed E-state index contributed by atoms with van der Waals surface area (Å²) in [4.78, 5) is 38.6. The SMILES string of the molecule is CC(C)(C)OC(=O)N1CCN(CC(=O)OCc2ccccc2)[C@H](CNCC(F)(F)C(=O)O)C1. The number of carboxylic acids is 1. The van der Waals surface area contributed by atoms with E-state index in [1.807, 2.05) is 30.3 Å². The fourth-order valence-corrected chi connectivity index (χ4v) is 3.21. The van der Waals surface area contributed by atoms with E-state index in [0.29, 0.717) is 6.54 Å². The van der Waals surface area contributed by atoms with Crippen LogP contribution >= 0.6 is 0 Å². The van der Waals surface area contributed by atoms with E-state index in [2.05, 4.69) is 5.32 Å². The lowest BCUT2D eigenvalue weighted by atomic mass is 10.1. The molecule has 184 valence electrons. The lowest BCUT2D eigenvalue weighted by Crippen LogP contribution is -2.60. The van der Waals surface area contributed by atoms with Gasteiger partial charge in [0.1, 0.15) is 12.2 Å². The van der Waals surface area contributed by atoms with E-state index in [4.69, 9.17) is 14.6 Å². The van der Waals surface area contributed by atoms with Crippen LogP contribution in [0.5, 0.6) is 0 Å². The van der Waals surface area contributed by atoms with Crippen molar-refractivity contribution in [1.29, 1.82) is 0 Å². The molecule has 1 aliphatic heterocycles. The molecule has 1 amide bonds. The number of alkyl halides is 2. The summed E-state index contributed by atoms with van der Waals surface area (Å²) in [6, 6.07) is 8.62. The number of aliphatic carboxylic acids is 1. The number of halogens is 2. The molecule has 0 bridgehead atoms. The van der Waals surface area contributed by atoms with Crippen LogP contribution in [0.25, 0.3) is 0 Å². The van der Waals surface area contributed by atoms with Gasteiger partial charge >= 0.3 is 24.0 Å². The number of carboxylic acid groups (broad SMARTS) is 1. The van der Waals surface area contributed by atoms with Crippen LogP contribution in [0.1, 0.15) is 26.3 Å². The molecule has 33 heavy (non-hydrogen) atoms. The van der Waals surface area contributed by atoms with Crippen molar-refractivity contribution < 1.29 is 37.7 Å². The molecule has 0 aliphatic carbocycles. The van der Waals surface area contributed by atoms with Crippen LogP contribution in [0.15, 0.2) is 30.3 Å². The number of rotatable bonds is 9. The molecule has 2 rings (SSSR count). The zero-order valence-corrected chi connectivity index (χ0v) is 19.1. The minimum absolute atomic E-state index is 0.0614. The zero-order chi connectivity index (χ0) is 24.6. The second-order valence-electron chi connectivity index (χ2n) is 8.84. The molecule has 1 saturated heterocycles. The first kappa shape index (κ1) is 26.5. The van der Waals surface area contributed by atoms with Crippen molar-refractivity contribution in [2.24, 2.45) is 0 Å². The van der Waals surface area contributed by atoms with Gasteiger partial charge < -0.3 is 24.8 Å². The predicted octanol–water partition coefficient (Wildman–Crippen LogP) is 1.96. The minimum atomic E-state index is -3.93. The molecule has 2 N–H and O–H groups in total. The van der Waals surface area contributed by atoms with Gasteiger partial charge in [0.25, 0.3) is 0 Å². The van der Waals surface area contributed by atoms with Gasteiger partial charge in [0.2, 0.25) is 0 Å². The summed E-state index contributed by atoms with van der Waals surface area (Å²) >= 11 is 0. The van der Waals surface area contributed by atoms with Gasteiger partial charge in [-0.1, -0.05) is 30.3 Å². The Morgan fingerprint density at radius 1 is 1.15 bits per heavy atom. The van der Waals surface area contributed by atoms with Crippen LogP contribution in [0, 0.1) is 0 Å². The van der Waals surface area contributed by atoms with Crippen LogP contribution in [-0.4, -0.2) is 89.8 Å². The highest BCUT2D eigenvalue weighted by molar-refractivity contribution is 5.75. The summed E-state index contributed by atoms with van der Waals surface area (Å²) in [7, 11) is 0. The number of nitrogens with zero attached hydrogens (tertiary/aromatic N) is 2. The number of esters is 1. The maximum Gasteiger partial charge on any atom is 0.410 e. The normalized spacial score (nSPS) is 17.5. The Hall–Kier alpha value is -2.79. The lowest BCUT2D eigenvalue weighted by Gasteiger charge is -2.41. The van der Waals surface area contributed by atoms with E-state index < -0.39 is 42.1 Å². The Kier molecular flexibility index (Phi) is 9.12. The number of benzene rings is 1. The van der Waals surface area contributed by atoms with Gasteiger partial charge in [0, 0.05) is 32.2 Å². The highest BCUT2D eigenvalue weighted by Gasteiger charge is 2.39. The number of carbonyl (C=O) groups excluding carboxylic acids is 2. The van der Waals surface area contributed by atoms with Crippen LogP contribution in [-0.2, 0) is 25.7 Å². The average molecular weight is 472 g/mol. The summed E-state index contributed by atoms with van der Waals surface area (Å²) in [6.45, 7) is 4.76. The van der Waals surface area contributed by atoms with Crippen molar-refractivity contribution in [3.8, 4) is 0 Å². The zero-order valence-electron chi connectivity index (χ0n) is 19.1. The van der Waals surface area contributed by atoms with Crippen molar-refractivity contribution >= 4 is 18.0 Å². The van der Waals surface area contributed by atoms with Gasteiger partial charge in [-0.15, -0.1) is 0 Å². The monoisotopic (exact) mass is 471 g/mol. The fourth-order valence-electron chi connectivity index (χ4n) is 3.21. The van der Waals surface area contributed by atoms with Crippen LogP contribution in [0.4, 0.5) is 13.6 Å². The molecule has 1 aliphatic rings. The third-order valence-electron chi connectivity index (χ3n) is 4.87. The van der Waals surface area contributed by atoms with E-state index in [9.17, 15) is 23.2 Å². The van der Waals surface area contributed by atoms with Gasteiger partial charge in [-0.25, -0.2) is 9.59 Å². The molecule has 0 saturated carbocycles. The molecule has 0 unspecified atom stereocenters. The van der Waals surface area contributed by atoms with E-state index >= 15 is 0 Å².